The van der Waals surface area contributed by atoms with Gasteiger partial charge in [-0.25, -0.2) is 13.6 Å². The summed E-state index contributed by atoms with van der Waals surface area (Å²) in [6.07, 6.45) is -3.24. The number of carbonyl (C=O) groups is 1. The highest BCUT2D eigenvalue weighted by Crippen LogP contribution is 2.26. The van der Waals surface area contributed by atoms with Crippen LogP contribution in [0.4, 0.5) is 19.0 Å². The first-order valence-electron chi connectivity index (χ1n) is 4.09. The molecule has 0 atom stereocenters. The molecule has 0 aliphatic heterocycles. The minimum Gasteiger partial charge on any atom is -0.465 e. The minimum absolute atomic E-state index is 0.358. The number of nitrogens with zero attached hydrogens (tertiary/aromatic N) is 2. The summed E-state index contributed by atoms with van der Waals surface area (Å²) in [5.74, 6) is -4.11. The van der Waals surface area contributed by atoms with Crippen LogP contribution in [0.1, 0.15) is 22.3 Å². The maximum atomic E-state index is 13.0. The first-order chi connectivity index (χ1) is 7.88. The van der Waals surface area contributed by atoms with Gasteiger partial charge in [0, 0.05) is 0 Å². The molecule has 0 spiro atoms. The van der Waals surface area contributed by atoms with E-state index < -0.39 is 40.2 Å². The second-order valence-electron chi connectivity index (χ2n) is 2.79. The molecule has 0 amide bonds. The van der Waals surface area contributed by atoms with E-state index in [1.54, 1.807) is 0 Å². The molecular formula is C8H5F3N2O4. The normalized spacial score (nSPS) is 10.4. The first kappa shape index (κ1) is 12.9. The van der Waals surface area contributed by atoms with Crippen LogP contribution in [0.5, 0.6) is 0 Å². The molecule has 6 nitrogen and oxygen atoms in total. The van der Waals surface area contributed by atoms with Crippen molar-refractivity contribution in [3.63, 3.8) is 0 Å². The highest BCUT2D eigenvalue weighted by Gasteiger charge is 2.30. The lowest BCUT2D eigenvalue weighted by molar-refractivity contribution is -0.390. The number of pyridine rings is 1. The Bertz CT molecular complexity index is 478. The zero-order valence-corrected chi connectivity index (χ0v) is 8.32. The van der Waals surface area contributed by atoms with Gasteiger partial charge in [-0.3, -0.25) is 0 Å². The number of hydrogen-bond acceptors (Lipinski definition) is 5. The lowest BCUT2D eigenvalue weighted by Crippen LogP contribution is -2.10. The van der Waals surface area contributed by atoms with Crippen LogP contribution in [0.3, 0.4) is 0 Å². The molecule has 9 heteroatoms. The zero-order valence-electron chi connectivity index (χ0n) is 8.32. The quantitative estimate of drug-likeness (QED) is 0.354. The molecule has 0 saturated heterocycles. The number of alkyl halides is 2. The molecule has 0 aromatic carbocycles. The number of esters is 1. The van der Waals surface area contributed by atoms with Crippen molar-refractivity contribution in [1.29, 1.82) is 0 Å². The van der Waals surface area contributed by atoms with Gasteiger partial charge in [0.05, 0.1) is 7.11 Å². The molecule has 0 radical (unpaired) electrons. The van der Waals surface area contributed by atoms with Crippen molar-refractivity contribution in [2.75, 3.05) is 7.11 Å². The fourth-order valence-corrected chi connectivity index (χ4v) is 1.05. The maximum Gasteiger partial charge on any atom is 0.381 e. The summed E-state index contributed by atoms with van der Waals surface area (Å²) in [5.41, 5.74) is -2.02. The number of nitro groups is 1. The van der Waals surface area contributed by atoms with E-state index in [1.165, 1.54) is 0 Å². The maximum absolute atomic E-state index is 13.0. The molecule has 1 heterocycles. The third-order valence-corrected chi connectivity index (χ3v) is 1.80. The van der Waals surface area contributed by atoms with Gasteiger partial charge in [-0.1, -0.05) is 0 Å². The van der Waals surface area contributed by atoms with Crippen LogP contribution < -0.4 is 0 Å². The monoisotopic (exact) mass is 250 g/mol. The van der Waals surface area contributed by atoms with Crippen molar-refractivity contribution >= 4 is 11.8 Å². The van der Waals surface area contributed by atoms with Gasteiger partial charge in [-0.2, -0.15) is 4.39 Å². The smallest absolute Gasteiger partial charge is 0.381 e. The van der Waals surface area contributed by atoms with Crippen LogP contribution in [-0.4, -0.2) is 23.0 Å². The lowest BCUT2D eigenvalue weighted by Gasteiger charge is -2.03. The van der Waals surface area contributed by atoms with Crippen LogP contribution in [0.2, 0.25) is 0 Å². The van der Waals surface area contributed by atoms with Crippen LogP contribution in [0.25, 0.3) is 0 Å². The number of halogens is 3. The molecule has 1 aromatic rings. The Morgan fingerprint density at radius 1 is 1.59 bits per heavy atom. The molecule has 1 aromatic heterocycles. The molecule has 1 rings (SSSR count). The fourth-order valence-electron chi connectivity index (χ4n) is 1.05. The number of methoxy groups -OCH3 is 1. The van der Waals surface area contributed by atoms with E-state index in [9.17, 15) is 28.1 Å². The summed E-state index contributed by atoms with van der Waals surface area (Å²) in [7, 11) is 0.900. The summed E-state index contributed by atoms with van der Waals surface area (Å²) in [4.78, 5) is 23.1. The van der Waals surface area contributed by atoms with Crippen LogP contribution in [-0.2, 0) is 4.74 Å². The number of rotatable bonds is 3. The Balaban J connectivity index is 3.47. The van der Waals surface area contributed by atoms with Gasteiger partial charge >= 0.3 is 17.7 Å². The van der Waals surface area contributed by atoms with Crippen LogP contribution in [0, 0.1) is 16.1 Å². The molecule has 0 saturated carbocycles. The number of aromatic nitrogens is 1. The summed E-state index contributed by atoms with van der Waals surface area (Å²) in [5, 5.41) is 10.5. The van der Waals surface area contributed by atoms with Crippen molar-refractivity contribution in [2.45, 2.75) is 6.43 Å². The van der Waals surface area contributed by atoms with Gasteiger partial charge in [0.2, 0.25) is 0 Å². The van der Waals surface area contributed by atoms with Crippen molar-refractivity contribution in [1.82, 2.24) is 4.98 Å². The highest BCUT2D eigenvalue weighted by molar-refractivity contribution is 5.93. The Kier molecular flexibility index (Phi) is 3.61. The molecule has 0 N–H and O–H groups in total. The molecule has 0 aliphatic rings. The number of carbonyl (C=O) groups excluding carboxylic acids is 1. The predicted molar refractivity (Wildman–Crippen MR) is 47.1 cm³/mol. The molecule has 0 aliphatic carbocycles. The second kappa shape index (κ2) is 4.76. The Labute approximate surface area is 92.2 Å². The average molecular weight is 250 g/mol. The summed E-state index contributed by atoms with van der Waals surface area (Å²) in [6, 6.07) is 0.358. The molecule has 17 heavy (non-hydrogen) atoms. The van der Waals surface area contributed by atoms with E-state index >= 15 is 0 Å². The average Bonchev–Trinajstić information content (AvgIpc) is 2.26. The standard InChI is InChI=1S/C8H5F3N2O4/c1-17-8(14)4-2-3(5(9)10)6(11)12-7(4)13(15)16/h2,5H,1H3. The van der Waals surface area contributed by atoms with E-state index in [4.69, 9.17) is 0 Å². The Hall–Kier alpha value is -2.19. The van der Waals surface area contributed by atoms with E-state index in [2.05, 4.69) is 9.72 Å². The summed E-state index contributed by atoms with van der Waals surface area (Å²) in [6.45, 7) is 0. The largest absolute Gasteiger partial charge is 0.465 e. The van der Waals surface area contributed by atoms with Crippen molar-refractivity contribution < 1.29 is 27.6 Å². The summed E-state index contributed by atoms with van der Waals surface area (Å²) >= 11 is 0. The molecule has 0 unspecified atom stereocenters. The molecule has 0 fully saturated rings. The minimum atomic E-state index is -3.24. The third-order valence-electron chi connectivity index (χ3n) is 1.80. The SMILES string of the molecule is COC(=O)c1cc(C(F)F)c(F)nc1[N+](=O)[O-]. The van der Waals surface area contributed by atoms with E-state index in [-0.39, 0.29) is 0 Å². The Morgan fingerprint density at radius 2 is 2.18 bits per heavy atom. The zero-order chi connectivity index (χ0) is 13.2. The topological polar surface area (TPSA) is 82.3 Å². The molecule has 92 valence electrons. The second-order valence-corrected chi connectivity index (χ2v) is 2.79. The Morgan fingerprint density at radius 3 is 2.59 bits per heavy atom. The van der Waals surface area contributed by atoms with Crippen LogP contribution in [0.15, 0.2) is 6.07 Å². The number of hydrogen-bond donors (Lipinski definition) is 0. The molecule has 0 bridgehead atoms. The lowest BCUT2D eigenvalue weighted by atomic mass is 10.2. The van der Waals surface area contributed by atoms with Gasteiger partial charge < -0.3 is 14.9 Å². The van der Waals surface area contributed by atoms with Gasteiger partial charge in [0.15, 0.2) is 5.56 Å². The first-order valence-corrected chi connectivity index (χ1v) is 4.09. The van der Waals surface area contributed by atoms with Crippen molar-refractivity contribution in [3.05, 3.63) is 33.3 Å². The van der Waals surface area contributed by atoms with Gasteiger partial charge in [-0.15, -0.1) is 0 Å². The van der Waals surface area contributed by atoms with E-state index in [1.807, 2.05) is 0 Å². The van der Waals surface area contributed by atoms with Crippen molar-refractivity contribution in [2.24, 2.45) is 0 Å². The predicted octanol–water partition coefficient (Wildman–Crippen LogP) is 1.85. The third kappa shape index (κ3) is 2.49. The fraction of sp³-hybridized carbons (Fsp3) is 0.250. The van der Waals surface area contributed by atoms with Crippen molar-refractivity contribution in [3.8, 4) is 0 Å². The molecular weight excluding hydrogens is 245 g/mol. The van der Waals surface area contributed by atoms with Gasteiger partial charge in [0.25, 0.3) is 6.43 Å². The highest BCUT2D eigenvalue weighted by atomic mass is 19.3. The summed E-state index contributed by atoms with van der Waals surface area (Å²) < 4.78 is 41.7. The van der Waals surface area contributed by atoms with E-state index in [0.717, 1.165) is 7.11 Å². The van der Waals surface area contributed by atoms with Gasteiger partial charge in [0.1, 0.15) is 5.56 Å². The van der Waals surface area contributed by atoms with E-state index in [0.29, 0.717) is 6.07 Å². The van der Waals surface area contributed by atoms with Gasteiger partial charge in [-0.05, 0) is 16.0 Å². The van der Waals surface area contributed by atoms with Crippen LogP contribution >= 0.6 is 0 Å². The number of ether oxygens (including phenoxy) is 1.